The average molecular weight is 1010 g/mol. The molecule has 2 aliphatic heterocycles. The van der Waals surface area contributed by atoms with E-state index in [9.17, 15) is 18.0 Å². The standard InChI is InChI=1S/C26H31N3O5S.2I2/c1-4-29(5-2)25(31)20-8-6-19(7-9-20)23-17-26(12-14-27-15-13-26)34-24-11-10-21(16-22(23)24)35(32,33)28-18(3)30;2*1-2/h6-11,16-17,27H,4-5,12-15H2,1-3H3,(H,28,30);;. The van der Waals surface area contributed by atoms with E-state index in [1.165, 1.54) is 12.1 Å². The summed E-state index contributed by atoms with van der Waals surface area (Å²) in [6.45, 7) is 7.95. The van der Waals surface area contributed by atoms with Crippen molar-refractivity contribution in [2.24, 2.45) is 0 Å². The highest BCUT2D eigenvalue weighted by molar-refractivity contribution is 15.0. The van der Waals surface area contributed by atoms with Crippen LogP contribution in [0.1, 0.15) is 55.1 Å². The molecule has 0 saturated carbocycles. The fraction of sp³-hybridized carbons (Fsp3) is 0.385. The molecular formula is C26H31I4N3O5S. The number of carbonyl (C=O) groups is 2. The summed E-state index contributed by atoms with van der Waals surface area (Å²) >= 11 is 8.48. The summed E-state index contributed by atoms with van der Waals surface area (Å²) in [6, 6.07) is 12.0. The molecule has 0 bridgehead atoms. The fourth-order valence-corrected chi connectivity index (χ4v) is 5.65. The number of rotatable bonds is 6. The van der Waals surface area contributed by atoms with Crippen molar-refractivity contribution in [3.05, 3.63) is 65.2 Å². The molecule has 214 valence electrons. The molecule has 2 aromatic carbocycles. The lowest BCUT2D eigenvalue weighted by molar-refractivity contribution is -0.117. The monoisotopic (exact) mass is 1000 g/mol. The van der Waals surface area contributed by atoms with Crippen molar-refractivity contribution in [2.75, 3.05) is 26.2 Å². The maximum atomic E-state index is 12.8. The van der Waals surface area contributed by atoms with Crippen molar-refractivity contribution in [2.45, 2.75) is 44.1 Å². The molecule has 0 radical (unpaired) electrons. The van der Waals surface area contributed by atoms with E-state index < -0.39 is 21.5 Å². The Morgan fingerprint density at radius 2 is 1.59 bits per heavy atom. The molecule has 1 spiro atoms. The van der Waals surface area contributed by atoms with Crippen LogP contribution in [0.15, 0.2) is 53.4 Å². The number of hydrogen-bond acceptors (Lipinski definition) is 6. The van der Waals surface area contributed by atoms with E-state index in [4.69, 9.17) is 4.74 Å². The van der Waals surface area contributed by atoms with E-state index in [0.717, 1.165) is 44.0 Å². The summed E-state index contributed by atoms with van der Waals surface area (Å²) in [5, 5.41) is 3.35. The molecule has 0 unspecified atom stereocenters. The van der Waals surface area contributed by atoms with Crippen LogP contribution >= 0.6 is 74.5 Å². The molecule has 4 rings (SSSR count). The minimum atomic E-state index is -4.01. The zero-order chi connectivity index (χ0) is 29.2. The van der Waals surface area contributed by atoms with Gasteiger partial charge in [-0.2, -0.15) is 0 Å². The molecule has 2 aromatic rings. The summed E-state index contributed by atoms with van der Waals surface area (Å²) in [5.41, 5.74) is 2.43. The maximum absolute atomic E-state index is 12.8. The largest absolute Gasteiger partial charge is 0.482 e. The average Bonchev–Trinajstić information content (AvgIpc) is 2.95. The smallest absolute Gasteiger partial charge is 0.264 e. The molecule has 0 aliphatic carbocycles. The highest BCUT2D eigenvalue weighted by Gasteiger charge is 2.37. The number of nitrogens with zero attached hydrogens (tertiary/aromatic N) is 1. The lowest BCUT2D eigenvalue weighted by atomic mass is 9.83. The first-order chi connectivity index (χ1) is 18.7. The van der Waals surface area contributed by atoms with Crippen LogP contribution in [-0.2, 0) is 14.8 Å². The second kappa shape index (κ2) is 16.4. The third kappa shape index (κ3) is 8.87. The van der Waals surface area contributed by atoms with Crippen molar-refractivity contribution in [3.8, 4) is 5.75 Å². The number of fused-ring (bicyclic) bond motifs is 1. The molecule has 2 N–H and O–H groups in total. The molecule has 1 fully saturated rings. The van der Waals surface area contributed by atoms with Gasteiger partial charge in [-0.05, 0) is 74.5 Å². The minimum absolute atomic E-state index is 0.0180. The zero-order valence-electron chi connectivity index (χ0n) is 21.8. The predicted octanol–water partition coefficient (Wildman–Crippen LogP) is 6.48. The normalized spacial score (nSPS) is 15.2. The first-order valence-electron chi connectivity index (χ1n) is 12.2. The molecule has 8 nitrogen and oxygen atoms in total. The van der Waals surface area contributed by atoms with Crippen LogP contribution in [0, 0.1) is 0 Å². The Labute approximate surface area is 277 Å². The lowest BCUT2D eigenvalue weighted by Crippen LogP contribution is -2.46. The number of benzene rings is 2. The molecule has 2 amide bonds. The van der Waals surface area contributed by atoms with Gasteiger partial charge in [-0.15, -0.1) is 0 Å². The Kier molecular flexibility index (Phi) is 14.7. The molecule has 1 saturated heterocycles. The Hall–Kier alpha value is -0.250. The quantitative estimate of drug-likeness (QED) is 0.322. The van der Waals surface area contributed by atoms with Crippen LogP contribution in [0.2, 0.25) is 0 Å². The van der Waals surface area contributed by atoms with Gasteiger partial charge in [0.05, 0.1) is 4.90 Å². The van der Waals surface area contributed by atoms with Crippen LogP contribution in [-0.4, -0.2) is 56.9 Å². The second-order valence-electron chi connectivity index (χ2n) is 8.85. The highest BCUT2D eigenvalue weighted by Crippen LogP contribution is 2.43. The molecule has 2 aliphatic rings. The first kappa shape index (κ1) is 34.9. The highest BCUT2D eigenvalue weighted by atomic mass is 128. The third-order valence-electron chi connectivity index (χ3n) is 6.49. The van der Waals surface area contributed by atoms with Crippen molar-refractivity contribution < 1.29 is 22.7 Å². The Balaban J connectivity index is 0.00000127. The van der Waals surface area contributed by atoms with Crippen molar-refractivity contribution in [3.63, 3.8) is 0 Å². The van der Waals surface area contributed by atoms with E-state index in [-0.39, 0.29) is 10.8 Å². The van der Waals surface area contributed by atoms with Gasteiger partial charge in [0.1, 0.15) is 11.4 Å². The summed E-state index contributed by atoms with van der Waals surface area (Å²) in [5.74, 6) is -0.0901. The molecule has 13 heteroatoms. The molecule has 2 heterocycles. The van der Waals surface area contributed by atoms with E-state index in [1.54, 1.807) is 23.1 Å². The number of sulfonamides is 1. The van der Waals surface area contributed by atoms with Crippen LogP contribution in [0.5, 0.6) is 5.75 Å². The van der Waals surface area contributed by atoms with Gasteiger partial charge in [0, 0.05) is 118 Å². The Morgan fingerprint density at radius 1 is 1.00 bits per heavy atom. The SMILES string of the molecule is CCN(CC)C(=O)c1ccc(C2=CC3(CCNCC3)Oc3ccc(S(=O)(=O)NC(C)=O)cc32)cc1.II.II. The molecule has 39 heavy (non-hydrogen) atoms. The second-order valence-corrected chi connectivity index (χ2v) is 10.5. The number of ether oxygens (including phenoxy) is 1. The van der Waals surface area contributed by atoms with Crippen LogP contribution in [0.4, 0.5) is 0 Å². The number of nitrogens with one attached hydrogen (secondary N) is 2. The van der Waals surface area contributed by atoms with Gasteiger partial charge >= 0.3 is 0 Å². The van der Waals surface area contributed by atoms with Crippen LogP contribution in [0.3, 0.4) is 0 Å². The van der Waals surface area contributed by atoms with Crippen molar-refractivity contribution in [1.82, 2.24) is 14.9 Å². The van der Waals surface area contributed by atoms with E-state index in [1.807, 2.05) is 30.7 Å². The molecule has 0 aromatic heterocycles. The molecular weight excluding hydrogens is 974 g/mol. The topological polar surface area (TPSA) is 105 Å². The van der Waals surface area contributed by atoms with Gasteiger partial charge in [-0.1, -0.05) is 12.1 Å². The number of amides is 2. The summed E-state index contributed by atoms with van der Waals surface area (Å²) in [4.78, 5) is 25.9. The number of halogens is 4. The maximum Gasteiger partial charge on any atom is 0.264 e. The van der Waals surface area contributed by atoms with E-state index in [2.05, 4.69) is 85.9 Å². The number of piperidine rings is 1. The first-order valence-corrected chi connectivity index (χ1v) is 26.2. The summed E-state index contributed by atoms with van der Waals surface area (Å²) in [6.07, 6.45) is 3.63. The van der Waals surface area contributed by atoms with Gasteiger partial charge in [-0.3, -0.25) is 9.59 Å². The van der Waals surface area contributed by atoms with Gasteiger partial charge in [0.2, 0.25) is 5.91 Å². The van der Waals surface area contributed by atoms with Gasteiger partial charge in [0.25, 0.3) is 15.9 Å². The Morgan fingerprint density at radius 3 is 2.13 bits per heavy atom. The minimum Gasteiger partial charge on any atom is -0.482 e. The number of hydrogen-bond donors (Lipinski definition) is 2. The van der Waals surface area contributed by atoms with Crippen LogP contribution < -0.4 is 14.8 Å². The molecule has 0 atom stereocenters. The summed E-state index contributed by atoms with van der Waals surface area (Å²) < 4.78 is 33.8. The fourth-order valence-electron chi connectivity index (χ4n) is 4.63. The van der Waals surface area contributed by atoms with Crippen molar-refractivity contribution in [1.29, 1.82) is 0 Å². The van der Waals surface area contributed by atoms with Crippen molar-refractivity contribution >= 4 is 102 Å². The lowest BCUT2D eigenvalue weighted by Gasteiger charge is -2.40. The Bertz CT molecular complexity index is 1280. The number of carbonyl (C=O) groups excluding carboxylic acids is 2. The van der Waals surface area contributed by atoms with Gasteiger partial charge < -0.3 is 15.0 Å². The predicted molar refractivity (Wildman–Crippen MR) is 190 cm³/mol. The van der Waals surface area contributed by atoms with E-state index in [0.29, 0.717) is 30.0 Å². The summed E-state index contributed by atoms with van der Waals surface area (Å²) in [7, 11) is -4.01. The third-order valence-corrected chi connectivity index (χ3v) is 7.92. The van der Waals surface area contributed by atoms with Gasteiger partial charge in [-0.25, -0.2) is 13.1 Å². The zero-order valence-corrected chi connectivity index (χ0v) is 31.2. The van der Waals surface area contributed by atoms with Gasteiger partial charge in [0.15, 0.2) is 0 Å². The van der Waals surface area contributed by atoms with Crippen LogP contribution in [0.25, 0.3) is 5.57 Å². The van der Waals surface area contributed by atoms with E-state index >= 15 is 0 Å².